The van der Waals surface area contributed by atoms with E-state index in [1.54, 1.807) is 7.11 Å². The van der Waals surface area contributed by atoms with Gasteiger partial charge in [0.25, 0.3) is 0 Å². The van der Waals surface area contributed by atoms with Crippen molar-refractivity contribution in [3.05, 3.63) is 36.5 Å². The Labute approximate surface area is 102 Å². The molecule has 0 aromatic carbocycles. The average molecular weight is 233 g/mol. The molecule has 0 spiro atoms. The van der Waals surface area contributed by atoms with Crippen molar-refractivity contribution in [2.45, 2.75) is 6.04 Å². The summed E-state index contributed by atoms with van der Waals surface area (Å²) in [4.78, 5) is 6.66. The highest BCUT2D eigenvalue weighted by Gasteiger charge is 2.19. The van der Waals surface area contributed by atoms with E-state index in [0.29, 0.717) is 5.88 Å². The zero-order valence-electron chi connectivity index (χ0n) is 10.2. The second-order valence-electron chi connectivity index (χ2n) is 4.10. The molecule has 0 aliphatic carbocycles. The van der Waals surface area contributed by atoms with Gasteiger partial charge in [-0.2, -0.15) is 0 Å². The summed E-state index contributed by atoms with van der Waals surface area (Å²) in [6.45, 7) is 8.09. The van der Waals surface area contributed by atoms with Crippen LogP contribution in [0.1, 0.15) is 11.6 Å². The van der Waals surface area contributed by atoms with E-state index in [1.807, 2.05) is 18.3 Å². The summed E-state index contributed by atoms with van der Waals surface area (Å²) in [5.41, 5.74) is 1.17. The van der Waals surface area contributed by atoms with Crippen LogP contribution in [0.2, 0.25) is 0 Å². The average Bonchev–Trinajstić information content (AvgIpc) is 2.42. The SMILES string of the molecule is C=C[C@H](c1ccc(OC)nc1)N1CCNCC1. The first kappa shape index (κ1) is 12.1. The maximum Gasteiger partial charge on any atom is 0.212 e. The van der Waals surface area contributed by atoms with E-state index in [9.17, 15) is 0 Å². The van der Waals surface area contributed by atoms with E-state index in [-0.39, 0.29) is 6.04 Å². The van der Waals surface area contributed by atoms with Gasteiger partial charge in [-0.15, -0.1) is 6.58 Å². The van der Waals surface area contributed by atoms with Gasteiger partial charge in [-0.3, -0.25) is 4.90 Å². The van der Waals surface area contributed by atoms with E-state index >= 15 is 0 Å². The number of ether oxygens (including phenoxy) is 1. The minimum absolute atomic E-state index is 0.246. The van der Waals surface area contributed by atoms with Crippen LogP contribution >= 0.6 is 0 Å². The van der Waals surface area contributed by atoms with Gasteiger partial charge >= 0.3 is 0 Å². The first-order valence-corrected chi connectivity index (χ1v) is 5.92. The summed E-state index contributed by atoms with van der Waals surface area (Å²) in [6.07, 6.45) is 3.85. The lowest BCUT2D eigenvalue weighted by Gasteiger charge is -2.33. The van der Waals surface area contributed by atoms with Crippen molar-refractivity contribution < 1.29 is 4.74 Å². The highest BCUT2D eigenvalue weighted by Crippen LogP contribution is 2.22. The minimum atomic E-state index is 0.246. The van der Waals surface area contributed by atoms with E-state index < -0.39 is 0 Å². The fourth-order valence-corrected chi connectivity index (χ4v) is 2.14. The van der Waals surface area contributed by atoms with Crippen LogP contribution in [0, 0.1) is 0 Å². The minimum Gasteiger partial charge on any atom is -0.481 e. The molecule has 0 unspecified atom stereocenters. The summed E-state index contributed by atoms with van der Waals surface area (Å²) in [5, 5.41) is 3.35. The Balaban J connectivity index is 2.12. The molecule has 1 saturated heterocycles. The molecule has 0 saturated carbocycles. The van der Waals surface area contributed by atoms with Crippen molar-refractivity contribution in [2.75, 3.05) is 33.3 Å². The molecule has 1 fully saturated rings. The molecule has 1 aromatic heterocycles. The molecule has 4 heteroatoms. The summed E-state index contributed by atoms with van der Waals surface area (Å²) >= 11 is 0. The Morgan fingerprint density at radius 1 is 1.47 bits per heavy atom. The quantitative estimate of drug-likeness (QED) is 0.794. The number of rotatable bonds is 4. The third-order valence-electron chi connectivity index (χ3n) is 3.08. The number of pyridine rings is 1. The van der Waals surface area contributed by atoms with Crippen LogP contribution in [0.4, 0.5) is 0 Å². The lowest BCUT2D eigenvalue weighted by atomic mass is 10.1. The third kappa shape index (κ3) is 2.84. The predicted molar refractivity (Wildman–Crippen MR) is 68.2 cm³/mol. The largest absolute Gasteiger partial charge is 0.481 e. The van der Waals surface area contributed by atoms with Gasteiger partial charge < -0.3 is 10.1 Å². The molecule has 1 N–H and O–H groups in total. The maximum atomic E-state index is 5.07. The number of hydrogen-bond donors (Lipinski definition) is 1. The molecule has 4 nitrogen and oxygen atoms in total. The molecule has 1 aromatic rings. The fraction of sp³-hybridized carbons (Fsp3) is 0.462. The van der Waals surface area contributed by atoms with Crippen LogP contribution in [0.5, 0.6) is 5.88 Å². The molecule has 2 rings (SSSR count). The monoisotopic (exact) mass is 233 g/mol. The van der Waals surface area contributed by atoms with E-state index in [0.717, 1.165) is 26.2 Å². The Morgan fingerprint density at radius 3 is 2.76 bits per heavy atom. The maximum absolute atomic E-state index is 5.07. The van der Waals surface area contributed by atoms with Gasteiger partial charge in [0.05, 0.1) is 13.2 Å². The molecule has 0 bridgehead atoms. The van der Waals surface area contributed by atoms with Crippen LogP contribution in [-0.4, -0.2) is 43.2 Å². The lowest BCUT2D eigenvalue weighted by Crippen LogP contribution is -2.44. The molecular formula is C13H19N3O. The predicted octanol–water partition coefficient (Wildman–Crippen LogP) is 1.22. The second kappa shape index (κ2) is 5.80. The summed E-state index contributed by atoms with van der Waals surface area (Å²) in [6, 6.07) is 4.20. The van der Waals surface area contributed by atoms with Crippen molar-refractivity contribution in [3.8, 4) is 5.88 Å². The summed E-state index contributed by atoms with van der Waals surface area (Å²) in [7, 11) is 1.63. The molecule has 1 atom stereocenters. The second-order valence-corrected chi connectivity index (χ2v) is 4.10. The molecule has 0 amide bonds. The van der Waals surface area contributed by atoms with Crippen LogP contribution in [0.3, 0.4) is 0 Å². The van der Waals surface area contributed by atoms with Gasteiger partial charge in [0, 0.05) is 38.4 Å². The third-order valence-corrected chi connectivity index (χ3v) is 3.08. The van der Waals surface area contributed by atoms with Gasteiger partial charge in [0.15, 0.2) is 0 Å². The number of methoxy groups -OCH3 is 1. The van der Waals surface area contributed by atoms with Gasteiger partial charge in [0.1, 0.15) is 0 Å². The number of nitrogens with one attached hydrogen (secondary N) is 1. The number of nitrogens with zero attached hydrogens (tertiary/aromatic N) is 2. The molecule has 1 aliphatic heterocycles. The van der Waals surface area contributed by atoms with Crippen molar-refractivity contribution >= 4 is 0 Å². The van der Waals surface area contributed by atoms with Crippen molar-refractivity contribution in [1.82, 2.24) is 15.2 Å². The topological polar surface area (TPSA) is 37.4 Å². The van der Waals surface area contributed by atoms with E-state index in [4.69, 9.17) is 4.74 Å². The molecule has 2 heterocycles. The number of piperazine rings is 1. The first-order valence-electron chi connectivity index (χ1n) is 5.92. The molecule has 92 valence electrons. The van der Waals surface area contributed by atoms with Crippen LogP contribution in [0.25, 0.3) is 0 Å². The van der Waals surface area contributed by atoms with Crippen molar-refractivity contribution in [1.29, 1.82) is 0 Å². The van der Waals surface area contributed by atoms with Gasteiger partial charge in [0.2, 0.25) is 5.88 Å². The Morgan fingerprint density at radius 2 is 2.24 bits per heavy atom. The molecular weight excluding hydrogens is 214 g/mol. The van der Waals surface area contributed by atoms with Crippen LogP contribution in [-0.2, 0) is 0 Å². The normalized spacial score (nSPS) is 18.6. The number of hydrogen-bond acceptors (Lipinski definition) is 4. The highest BCUT2D eigenvalue weighted by molar-refractivity contribution is 5.23. The highest BCUT2D eigenvalue weighted by atomic mass is 16.5. The zero-order chi connectivity index (χ0) is 12.1. The van der Waals surface area contributed by atoms with Gasteiger partial charge in [-0.25, -0.2) is 4.98 Å². The van der Waals surface area contributed by atoms with Crippen molar-refractivity contribution in [2.24, 2.45) is 0 Å². The lowest BCUT2D eigenvalue weighted by molar-refractivity contribution is 0.203. The Kier molecular flexibility index (Phi) is 4.12. The molecule has 0 radical (unpaired) electrons. The summed E-state index contributed by atoms with van der Waals surface area (Å²) in [5.74, 6) is 0.650. The van der Waals surface area contributed by atoms with Crippen LogP contribution < -0.4 is 10.1 Å². The standard InChI is InChI=1S/C13H19N3O/c1-3-12(16-8-6-14-7-9-16)11-4-5-13(17-2)15-10-11/h3-5,10,12,14H,1,6-9H2,2H3/t12-/m1/s1. The van der Waals surface area contributed by atoms with E-state index in [1.165, 1.54) is 5.56 Å². The Hall–Kier alpha value is -1.39. The number of aromatic nitrogens is 1. The van der Waals surface area contributed by atoms with Crippen LogP contribution in [0.15, 0.2) is 31.0 Å². The first-order chi connectivity index (χ1) is 8.35. The smallest absolute Gasteiger partial charge is 0.212 e. The fourth-order valence-electron chi connectivity index (χ4n) is 2.14. The van der Waals surface area contributed by atoms with E-state index in [2.05, 4.69) is 27.8 Å². The molecule has 1 aliphatic rings. The van der Waals surface area contributed by atoms with Crippen molar-refractivity contribution in [3.63, 3.8) is 0 Å². The van der Waals surface area contributed by atoms with Gasteiger partial charge in [-0.1, -0.05) is 12.1 Å². The van der Waals surface area contributed by atoms with Gasteiger partial charge in [-0.05, 0) is 5.56 Å². The molecule has 17 heavy (non-hydrogen) atoms. The zero-order valence-corrected chi connectivity index (χ0v) is 10.2. The summed E-state index contributed by atoms with van der Waals surface area (Å²) < 4.78 is 5.07. The Bertz CT molecular complexity index is 357.